The van der Waals surface area contributed by atoms with Crippen molar-refractivity contribution in [3.63, 3.8) is 0 Å². The first kappa shape index (κ1) is 21.4. The van der Waals surface area contributed by atoms with E-state index in [1.54, 1.807) is 6.08 Å². The molecule has 1 rings (SSSR count). The fourth-order valence-corrected chi connectivity index (χ4v) is 2.04. The van der Waals surface area contributed by atoms with Crippen LogP contribution in [-0.2, 0) is 38.1 Å². The van der Waals surface area contributed by atoms with E-state index in [0.717, 1.165) is 0 Å². The van der Waals surface area contributed by atoms with Crippen LogP contribution in [0.1, 0.15) is 20.8 Å². The van der Waals surface area contributed by atoms with Crippen LogP contribution in [0.4, 0.5) is 0 Å². The van der Waals surface area contributed by atoms with Crippen LogP contribution >= 0.6 is 0 Å². The molecule has 11 heteroatoms. The SMILES string of the molecule is CC(=O)OC[C@H]1O[C@H](OC[C@@H](CN=[N+]=[N-])OC(C)=O)C=C[C@@H]1OC(C)=O. The summed E-state index contributed by atoms with van der Waals surface area (Å²) in [6.45, 7) is 3.39. The number of azide groups is 1. The van der Waals surface area contributed by atoms with Crippen molar-refractivity contribution in [3.05, 3.63) is 22.6 Å². The molecule has 0 saturated carbocycles. The van der Waals surface area contributed by atoms with Gasteiger partial charge in [-0.05, 0) is 17.7 Å². The molecule has 4 atom stereocenters. The first-order valence-electron chi connectivity index (χ1n) is 7.75. The van der Waals surface area contributed by atoms with E-state index in [1.165, 1.54) is 26.8 Å². The Labute approximate surface area is 149 Å². The van der Waals surface area contributed by atoms with Gasteiger partial charge in [0, 0.05) is 25.7 Å². The normalized spacial score (nSPS) is 22.7. The largest absolute Gasteiger partial charge is 0.463 e. The second-order valence-corrected chi connectivity index (χ2v) is 5.28. The summed E-state index contributed by atoms with van der Waals surface area (Å²) in [6, 6.07) is 0. The number of hydrogen-bond acceptors (Lipinski definition) is 9. The van der Waals surface area contributed by atoms with Crippen molar-refractivity contribution in [2.75, 3.05) is 19.8 Å². The molecule has 0 radical (unpaired) electrons. The number of esters is 3. The van der Waals surface area contributed by atoms with Gasteiger partial charge in [-0.2, -0.15) is 0 Å². The Morgan fingerprint density at radius 1 is 1.19 bits per heavy atom. The van der Waals surface area contributed by atoms with Gasteiger partial charge < -0.3 is 23.7 Å². The molecule has 0 aromatic rings. The standard InChI is InChI=1S/C15H21N3O8/c1-9(19)22-8-14-13(25-11(3)21)4-5-15(26-14)23-7-12(6-17-18-16)24-10(2)20/h4-5,12-15H,6-8H2,1-3H3/t12-,13+,14-,15+/m1/s1. The molecule has 0 aromatic heterocycles. The molecule has 0 N–H and O–H groups in total. The minimum atomic E-state index is -0.855. The van der Waals surface area contributed by atoms with Crippen molar-refractivity contribution >= 4 is 17.9 Å². The molecular weight excluding hydrogens is 350 g/mol. The zero-order valence-corrected chi connectivity index (χ0v) is 14.7. The van der Waals surface area contributed by atoms with Crippen molar-refractivity contribution in [1.82, 2.24) is 0 Å². The van der Waals surface area contributed by atoms with Gasteiger partial charge in [0.15, 0.2) is 6.29 Å². The average Bonchev–Trinajstić information content (AvgIpc) is 2.56. The third-order valence-electron chi connectivity index (χ3n) is 3.01. The molecule has 144 valence electrons. The van der Waals surface area contributed by atoms with Crippen LogP contribution in [0.15, 0.2) is 17.3 Å². The summed E-state index contributed by atoms with van der Waals surface area (Å²) in [5, 5.41) is 3.35. The van der Waals surface area contributed by atoms with Crippen LogP contribution in [0.5, 0.6) is 0 Å². The number of nitrogens with zero attached hydrogens (tertiary/aromatic N) is 3. The molecule has 0 fully saturated rings. The number of rotatable bonds is 9. The molecule has 0 aromatic carbocycles. The lowest BCUT2D eigenvalue weighted by atomic mass is 10.1. The lowest BCUT2D eigenvalue weighted by Crippen LogP contribution is -2.42. The van der Waals surface area contributed by atoms with E-state index < -0.39 is 42.5 Å². The van der Waals surface area contributed by atoms with E-state index >= 15 is 0 Å². The smallest absolute Gasteiger partial charge is 0.303 e. The van der Waals surface area contributed by atoms with E-state index in [-0.39, 0.29) is 19.8 Å². The molecular formula is C15H21N3O8. The van der Waals surface area contributed by atoms with Gasteiger partial charge in [0.1, 0.15) is 24.9 Å². The van der Waals surface area contributed by atoms with Crippen LogP contribution in [0, 0.1) is 0 Å². The molecule has 1 aliphatic rings. The van der Waals surface area contributed by atoms with Crippen molar-refractivity contribution in [2.45, 2.75) is 45.4 Å². The minimum absolute atomic E-state index is 0.0911. The van der Waals surface area contributed by atoms with E-state index in [1.807, 2.05) is 0 Å². The maximum atomic E-state index is 11.2. The van der Waals surface area contributed by atoms with E-state index in [0.29, 0.717) is 0 Å². The zero-order chi connectivity index (χ0) is 19.5. The highest BCUT2D eigenvalue weighted by molar-refractivity contribution is 5.67. The molecule has 0 amide bonds. The zero-order valence-electron chi connectivity index (χ0n) is 14.7. The van der Waals surface area contributed by atoms with Gasteiger partial charge in [-0.1, -0.05) is 5.11 Å². The number of carbonyl (C=O) groups is 3. The average molecular weight is 371 g/mol. The molecule has 0 spiro atoms. The van der Waals surface area contributed by atoms with E-state index in [9.17, 15) is 14.4 Å². The van der Waals surface area contributed by atoms with Crippen LogP contribution < -0.4 is 0 Å². The van der Waals surface area contributed by atoms with Crippen molar-refractivity contribution < 1.29 is 38.1 Å². The summed E-state index contributed by atoms with van der Waals surface area (Å²) in [7, 11) is 0. The molecule has 0 unspecified atom stereocenters. The predicted octanol–water partition coefficient (Wildman–Crippen LogP) is 1.02. The topological polar surface area (TPSA) is 146 Å². The summed E-state index contributed by atoms with van der Waals surface area (Å²) >= 11 is 0. The third-order valence-corrected chi connectivity index (χ3v) is 3.01. The first-order chi connectivity index (χ1) is 12.3. The fraction of sp³-hybridized carbons (Fsp3) is 0.667. The quantitative estimate of drug-likeness (QED) is 0.146. The Kier molecular flexibility index (Phi) is 9.13. The summed E-state index contributed by atoms with van der Waals surface area (Å²) in [6.07, 6.45) is -0.0693. The number of ether oxygens (including phenoxy) is 5. The van der Waals surface area contributed by atoms with E-state index in [4.69, 9.17) is 29.2 Å². The summed E-state index contributed by atoms with van der Waals surface area (Å²) in [4.78, 5) is 35.8. The first-order valence-corrected chi connectivity index (χ1v) is 7.75. The van der Waals surface area contributed by atoms with Gasteiger partial charge in [0.2, 0.25) is 0 Å². The highest BCUT2D eigenvalue weighted by Crippen LogP contribution is 2.18. The van der Waals surface area contributed by atoms with Gasteiger partial charge in [0.25, 0.3) is 0 Å². The van der Waals surface area contributed by atoms with Crippen molar-refractivity contribution in [3.8, 4) is 0 Å². The Balaban J connectivity index is 2.67. The number of carbonyl (C=O) groups excluding carboxylic acids is 3. The second-order valence-electron chi connectivity index (χ2n) is 5.28. The molecule has 0 bridgehead atoms. The van der Waals surface area contributed by atoms with Crippen LogP contribution in [0.2, 0.25) is 0 Å². The lowest BCUT2D eigenvalue weighted by Gasteiger charge is -2.31. The van der Waals surface area contributed by atoms with Crippen LogP contribution in [-0.4, -0.2) is 62.3 Å². The summed E-state index contributed by atoms with van der Waals surface area (Å²) < 4.78 is 26.1. The lowest BCUT2D eigenvalue weighted by molar-refractivity contribution is -0.204. The number of hydrogen-bond donors (Lipinski definition) is 0. The molecule has 11 nitrogen and oxygen atoms in total. The maximum Gasteiger partial charge on any atom is 0.303 e. The second kappa shape index (κ2) is 11.1. The summed E-state index contributed by atoms with van der Waals surface area (Å²) in [5.74, 6) is -1.57. The Hall–Kier alpha value is -2.62. The monoisotopic (exact) mass is 371 g/mol. The molecule has 0 saturated heterocycles. The van der Waals surface area contributed by atoms with Gasteiger partial charge in [-0.25, -0.2) is 0 Å². The highest BCUT2D eigenvalue weighted by atomic mass is 16.7. The predicted molar refractivity (Wildman–Crippen MR) is 85.5 cm³/mol. The fourth-order valence-electron chi connectivity index (χ4n) is 2.04. The molecule has 26 heavy (non-hydrogen) atoms. The van der Waals surface area contributed by atoms with Gasteiger partial charge >= 0.3 is 17.9 Å². The van der Waals surface area contributed by atoms with Crippen molar-refractivity contribution in [2.24, 2.45) is 5.11 Å². The highest BCUT2D eigenvalue weighted by Gasteiger charge is 2.31. The van der Waals surface area contributed by atoms with Crippen LogP contribution in [0.25, 0.3) is 10.4 Å². The molecule has 0 aliphatic carbocycles. The Bertz CT molecular complexity index is 583. The van der Waals surface area contributed by atoms with E-state index in [2.05, 4.69) is 10.0 Å². The van der Waals surface area contributed by atoms with Gasteiger partial charge in [-0.3, -0.25) is 14.4 Å². The Morgan fingerprint density at radius 2 is 1.92 bits per heavy atom. The maximum absolute atomic E-state index is 11.2. The minimum Gasteiger partial charge on any atom is -0.463 e. The molecule has 1 aliphatic heterocycles. The van der Waals surface area contributed by atoms with Crippen molar-refractivity contribution in [1.29, 1.82) is 0 Å². The summed E-state index contributed by atoms with van der Waals surface area (Å²) in [5.41, 5.74) is 8.36. The van der Waals surface area contributed by atoms with Gasteiger partial charge in [0.05, 0.1) is 13.2 Å². The van der Waals surface area contributed by atoms with Gasteiger partial charge in [-0.15, -0.1) is 0 Å². The third kappa shape index (κ3) is 8.47. The molecule has 1 heterocycles. The Morgan fingerprint density at radius 3 is 2.50 bits per heavy atom. The van der Waals surface area contributed by atoms with Crippen LogP contribution in [0.3, 0.4) is 0 Å².